The average Bonchev–Trinajstić information content (AvgIpc) is 3.50. The third kappa shape index (κ3) is 4.32. The van der Waals surface area contributed by atoms with Gasteiger partial charge in [0.25, 0.3) is 0 Å². The van der Waals surface area contributed by atoms with E-state index in [9.17, 15) is 4.79 Å². The molecule has 2 saturated carbocycles. The number of pyridine rings is 1. The number of nitrogens with zero attached hydrogens (tertiary/aromatic N) is 2. The number of carbonyl (C=O) groups excluding carboxylic acids is 1. The highest BCUT2D eigenvalue weighted by Crippen LogP contribution is 2.49. The van der Waals surface area contributed by atoms with Gasteiger partial charge in [0.05, 0.1) is 0 Å². The molecule has 3 aliphatic carbocycles. The second kappa shape index (κ2) is 9.45. The fourth-order valence-electron chi connectivity index (χ4n) is 7.08. The van der Waals surface area contributed by atoms with Crippen molar-refractivity contribution in [1.29, 1.82) is 0 Å². The summed E-state index contributed by atoms with van der Waals surface area (Å²) in [6.07, 6.45) is 11.9. The van der Waals surface area contributed by atoms with E-state index >= 15 is 0 Å². The van der Waals surface area contributed by atoms with Crippen LogP contribution in [-0.4, -0.2) is 36.1 Å². The Morgan fingerprint density at radius 2 is 2.06 bits per heavy atom. The van der Waals surface area contributed by atoms with Crippen molar-refractivity contribution in [2.45, 2.75) is 71.8 Å². The molecule has 2 heterocycles. The zero-order valence-electron chi connectivity index (χ0n) is 22.3. The van der Waals surface area contributed by atoms with Crippen molar-refractivity contribution < 1.29 is 9.53 Å². The van der Waals surface area contributed by atoms with Crippen LogP contribution in [0.3, 0.4) is 0 Å². The van der Waals surface area contributed by atoms with Crippen molar-refractivity contribution in [3.8, 4) is 11.1 Å². The van der Waals surface area contributed by atoms with Gasteiger partial charge in [-0.3, -0.25) is 9.78 Å². The monoisotopic (exact) mass is 484 g/mol. The van der Waals surface area contributed by atoms with Gasteiger partial charge in [-0.05, 0) is 94.7 Å². The van der Waals surface area contributed by atoms with Crippen LogP contribution in [0.25, 0.3) is 16.7 Å². The maximum Gasteiger partial charge on any atom is 0.248 e. The highest BCUT2D eigenvalue weighted by Gasteiger charge is 2.39. The van der Waals surface area contributed by atoms with Gasteiger partial charge in [0.15, 0.2) is 0 Å². The molecule has 2 aromatic rings. The number of hydrogen-bond acceptors (Lipinski definition) is 3. The summed E-state index contributed by atoms with van der Waals surface area (Å²) in [4.78, 5) is 19.7. The van der Waals surface area contributed by atoms with E-state index in [0.717, 1.165) is 31.2 Å². The zero-order chi connectivity index (χ0) is 25.0. The van der Waals surface area contributed by atoms with Crippen molar-refractivity contribution >= 4 is 11.5 Å². The van der Waals surface area contributed by atoms with Gasteiger partial charge in [0.2, 0.25) is 5.91 Å². The van der Waals surface area contributed by atoms with Gasteiger partial charge in [-0.2, -0.15) is 0 Å². The van der Waals surface area contributed by atoms with Crippen molar-refractivity contribution in [3.63, 3.8) is 0 Å². The molecule has 190 valence electrons. The number of methoxy groups -OCH3 is 1. The van der Waals surface area contributed by atoms with E-state index in [2.05, 4.69) is 51.2 Å². The lowest BCUT2D eigenvalue weighted by atomic mass is 9.81. The highest BCUT2D eigenvalue weighted by atomic mass is 16.5. The van der Waals surface area contributed by atoms with Crippen molar-refractivity contribution in [2.75, 3.05) is 20.3 Å². The van der Waals surface area contributed by atoms with Gasteiger partial charge in [-0.1, -0.05) is 51.8 Å². The molecule has 4 heteroatoms. The lowest BCUT2D eigenvalue weighted by Crippen LogP contribution is -2.38. The van der Waals surface area contributed by atoms with Crippen LogP contribution in [0.15, 0.2) is 30.5 Å². The van der Waals surface area contributed by atoms with Crippen LogP contribution in [-0.2, 0) is 28.9 Å². The van der Waals surface area contributed by atoms with E-state index in [-0.39, 0.29) is 12.5 Å². The predicted molar refractivity (Wildman–Crippen MR) is 145 cm³/mol. The number of fused-ring (bicyclic) bond motifs is 3. The van der Waals surface area contributed by atoms with Gasteiger partial charge >= 0.3 is 0 Å². The fourth-order valence-corrected chi connectivity index (χ4v) is 7.08. The Hall–Kier alpha value is -2.46. The minimum Gasteiger partial charge on any atom is -0.375 e. The molecule has 0 saturated heterocycles. The molecule has 1 amide bonds. The van der Waals surface area contributed by atoms with Crippen LogP contribution in [0.5, 0.6) is 0 Å². The molecule has 2 fully saturated rings. The van der Waals surface area contributed by atoms with E-state index < -0.39 is 0 Å². The van der Waals surface area contributed by atoms with E-state index in [1.54, 1.807) is 7.11 Å². The summed E-state index contributed by atoms with van der Waals surface area (Å²) < 4.78 is 5.16. The lowest BCUT2D eigenvalue weighted by molar-refractivity contribution is -0.136. The Bertz CT molecular complexity index is 1210. The molecule has 0 bridgehead atoms. The van der Waals surface area contributed by atoms with Crippen LogP contribution >= 0.6 is 0 Å². The lowest BCUT2D eigenvalue weighted by Gasteiger charge is -2.33. The smallest absolute Gasteiger partial charge is 0.248 e. The molecule has 0 spiro atoms. The first-order valence-electron chi connectivity index (χ1n) is 14.1. The molecule has 1 aliphatic heterocycles. The molecule has 6 rings (SSSR count). The van der Waals surface area contributed by atoms with E-state index in [0.29, 0.717) is 24.3 Å². The molecule has 1 aromatic heterocycles. The molecule has 4 atom stereocenters. The summed E-state index contributed by atoms with van der Waals surface area (Å²) in [5.41, 5.74) is 11.0. The Kier molecular flexibility index (Phi) is 6.27. The van der Waals surface area contributed by atoms with Gasteiger partial charge < -0.3 is 9.64 Å². The number of allylic oxidation sites excluding steroid dienone is 2. The largest absolute Gasteiger partial charge is 0.375 e. The van der Waals surface area contributed by atoms with Crippen molar-refractivity contribution in [2.24, 2.45) is 23.7 Å². The molecule has 0 radical (unpaired) electrons. The SMILES string of the molecule is COCC(=O)N1CCc2cc(-c3cnc4c(c3)C(C(C)C)=CC3C[C@@H]3C4)cc([C@@H]3CCC[C@@H]3C)c2C1. The van der Waals surface area contributed by atoms with Gasteiger partial charge in [-0.25, -0.2) is 0 Å². The van der Waals surface area contributed by atoms with Crippen molar-refractivity contribution in [3.05, 3.63) is 58.4 Å². The first-order valence-corrected chi connectivity index (χ1v) is 14.1. The molecule has 1 aromatic carbocycles. The van der Waals surface area contributed by atoms with Crippen LogP contribution < -0.4 is 0 Å². The fraction of sp³-hybridized carbons (Fsp3) is 0.562. The molecule has 0 N–H and O–H groups in total. The van der Waals surface area contributed by atoms with E-state index in [4.69, 9.17) is 9.72 Å². The number of amides is 1. The average molecular weight is 485 g/mol. The Labute approximate surface area is 216 Å². The van der Waals surface area contributed by atoms with Crippen LogP contribution in [0.4, 0.5) is 0 Å². The maximum absolute atomic E-state index is 12.7. The number of benzene rings is 1. The molecule has 1 unspecified atom stereocenters. The first kappa shape index (κ1) is 23.9. The molecule has 4 aliphatic rings. The summed E-state index contributed by atoms with van der Waals surface area (Å²) in [6, 6.07) is 7.28. The predicted octanol–water partition coefficient (Wildman–Crippen LogP) is 6.41. The number of carbonyl (C=O) groups is 1. The molecular formula is C32H40N2O2. The van der Waals surface area contributed by atoms with Crippen molar-refractivity contribution in [1.82, 2.24) is 9.88 Å². The third-order valence-electron chi connectivity index (χ3n) is 9.32. The Balaban J connectivity index is 1.42. The van der Waals surface area contributed by atoms with E-state index in [1.165, 1.54) is 70.3 Å². The van der Waals surface area contributed by atoms with Crippen LogP contribution in [0.2, 0.25) is 0 Å². The maximum atomic E-state index is 12.7. The standard InChI is InChI=1S/C32H40N2O2/c1-19(2)27-12-22-11-24(22)15-31-29(27)14-25(16-33-31)23-10-21-8-9-34(32(35)18-36-4)17-30(21)28(13-23)26-7-5-6-20(26)3/h10,12-14,16,19-20,22,24,26H,5-9,11,15,17-18H2,1-4H3/t20-,22?,24+,26+/m0/s1. The number of ether oxygens (including phenoxy) is 1. The highest BCUT2D eigenvalue weighted by molar-refractivity contribution is 5.79. The topological polar surface area (TPSA) is 42.4 Å². The second-order valence-electron chi connectivity index (χ2n) is 12.1. The second-order valence-corrected chi connectivity index (χ2v) is 12.1. The van der Waals surface area contributed by atoms with Crippen LogP contribution in [0.1, 0.15) is 80.3 Å². The number of aromatic nitrogens is 1. The van der Waals surface area contributed by atoms with Gasteiger partial charge in [0, 0.05) is 37.7 Å². The minimum atomic E-state index is 0.0960. The third-order valence-corrected chi connectivity index (χ3v) is 9.32. The zero-order valence-corrected chi connectivity index (χ0v) is 22.3. The summed E-state index contributed by atoms with van der Waals surface area (Å²) >= 11 is 0. The summed E-state index contributed by atoms with van der Waals surface area (Å²) in [7, 11) is 1.60. The number of hydrogen-bond donors (Lipinski definition) is 0. The molecule has 4 nitrogen and oxygen atoms in total. The van der Waals surface area contributed by atoms with Gasteiger partial charge in [-0.15, -0.1) is 0 Å². The minimum absolute atomic E-state index is 0.0960. The summed E-state index contributed by atoms with van der Waals surface area (Å²) in [5, 5.41) is 0. The number of rotatable bonds is 5. The molecule has 36 heavy (non-hydrogen) atoms. The molecular weight excluding hydrogens is 444 g/mol. The first-order chi connectivity index (χ1) is 17.4. The summed E-state index contributed by atoms with van der Waals surface area (Å²) in [5.74, 6) is 3.40. The van der Waals surface area contributed by atoms with Crippen LogP contribution in [0, 0.1) is 23.7 Å². The summed E-state index contributed by atoms with van der Waals surface area (Å²) in [6.45, 7) is 8.69. The Morgan fingerprint density at radius 1 is 1.19 bits per heavy atom. The Morgan fingerprint density at radius 3 is 2.81 bits per heavy atom. The van der Waals surface area contributed by atoms with Gasteiger partial charge in [0.1, 0.15) is 6.61 Å². The quantitative estimate of drug-likeness (QED) is 0.492. The normalized spacial score (nSPS) is 26.7. The van der Waals surface area contributed by atoms with E-state index in [1.807, 2.05) is 4.90 Å².